The second kappa shape index (κ2) is 9.27. The van der Waals surface area contributed by atoms with Gasteiger partial charge in [-0.1, -0.05) is 12.1 Å². The first-order valence-corrected chi connectivity index (χ1v) is 9.57. The van der Waals surface area contributed by atoms with Crippen LogP contribution in [0.15, 0.2) is 24.3 Å². The number of amides is 1. The van der Waals surface area contributed by atoms with E-state index in [-0.39, 0.29) is 11.9 Å². The van der Waals surface area contributed by atoms with Crippen molar-refractivity contribution in [2.24, 2.45) is 0 Å². The minimum atomic E-state index is -0.0667. The van der Waals surface area contributed by atoms with E-state index in [1.54, 1.807) is 11.8 Å². The standard InChI is InChI=1S/C17H25N3O3S/c21-17(16-12-24-13-19-16)18-11-14-2-1-3-15(10-14)23-9-6-20-4-7-22-8-5-20/h1-3,10,16,19H,4-9,11-13H2,(H,18,21). The summed E-state index contributed by atoms with van der Waals surface area (Å²) in [5.41, 5.74) is 1.05. The fraction of sp³-hybridized carbons (Fsp3) is 0.588. The molecule has 2 aliphatic rings. The van der Waals surface area contributed by atoms with E-state index in [2.05, 4.69) is 15.5 Å². The quantitative estimate of drug-likeness (QED) is 0.753. The minimum Gasteiger partial charge on any atom is -0.492 e. The largest absolute Gasteiger partial charge is 0.492 e. The predicted octanol–water partition coefficient (Wildman–Crippen LogP) is 0.676. The van der Waals surface area contributed by atoms with Crippen LogP contribution in [0.25, 0.3) is 0 Å². The summed E-state index contributed by atoms with van der Waals surface area (Å²) in [7, 11) is 0. The Balaban J connectivity index is 1.40. The maximum absolute atomic E-state index is 12.0. The lowest BCUT2D eigenvalue weighted by molar-refractivity contribution is -0.122. The van der Waals surface area contributed by atoms with Gasteiger partial charge in [-0.15, -0.1) is 11.8 Å². The normalized spacial score (nSPS) is 21.6. The molecule has 2 aliphatic heterocycles. The van der Waals surface area contributed by atoms with Crippen LogP contribution in [-0.4, -0.2) is 67.9 Å². The molecule has 2 fully saturated rings. The first-order chi connectivity index (χ1) is 11.8. The van der Waals surface area contributed by atoms with Crippen LogP contribution in [0.2, 0.25) is 0 Å². The summed E-state index contributed by atoms with van der Waals surface area (Å²) >= 11 is 1.75. The van der Waals surface area contributed by atoms with E-state index in [9.17, 15) is 4.79 Å². The average Bonchev–Trinajstić information content (AvgIpc) is 3.16. The van der Waals surface area contributed by atoms with Crippen LogP contribution < -0.4 is 15.4 Å². The average molecular weight is 351 g/mol. The van der Waals surface area contributed by atoms with Crippen molar-refractivity contribution in [2.75, 3.05) is 51.1 Å². The number of benzene rings is 1. The topological polar surface area (TPSA) is 62.8 Å². The van der Waals surface area contributed by atoms with E-state index in [0.29, 0.717) is 13.2 Å². The van der Waals surface area contributed by atoms with Crippen LogP contribution in [0.1, 0.15) is 5.56 Å². The van der Waals surface area contributed by atoms with E-state index in [1.807, 2.05) is 24.3 Å². The van der Waals surface area contributed by atoms with Crippen molar-refractivity contribution >= 4 is 17.7 Å². The van der Waals surface area contributed by atoms with Gasteiger partial charge in [-0.2, -0.15) is 0 Å². The second-order valence-electron chi connectivity index (χ2n) is 5.94. The third-order valence-electron chi connectivity index (χ3n) is 4.18. The molecule has 0 saturated carbocycles. The molecule has 1 atom stereocenters. The molecule has 2 N–H and O–H groups in total. The monoisotopic (exact) mass is 351 g/mol. The lowest BCUT2D eigenvalue weighted by Crippen LogP contribution is -2.41. The molecule has 0 bridgehead atoms. The van der Waals surface area contributed by atoms with Gasteiger partial charge < -0.3 is 14.8 Å². The molecular formula is C17H25N3O3S. The Bertz CT molecular complexity index is 532. The Morgan fingerprint density at radius 1 is 1.42 bits per heavy atom. The summed E-state index contributed by atoms with van der Waals surface area (Å²) in [6.45, 7) is 5.68. The van der Waals surface area contributed by atoms with Gasteiger partial charge in [-0.05, 0) is 17.7 Å². The van der Waals surface area contributed by atoms with Crippen molar-refractivity contribution < 1.29 is 14.3 Å². The summed E-state index contributed by atoms with van der Waals surface area (Å²) in [5.74, 6) is 2.62. The summed E-state index contributed by atoms with van der Waals surface area (Å²) in [6.07, 6.45) is 0. The highest BCUT2D eigenvalue weighted by atomic mass is 32.2. The van der Waals surface area contributed by atoms with Gasteiger partial charge in [0.25, 0.3) is 0 Å². The lowest BCUT2D eigenvalue weighted by Gasteiger charge is -2.26. The molecule has 0 aromatic heterocycles. The molecule has 7 heteroatoms. The number of nitrogens with one attached hydrogen (secondary N) is 2. The smallest absolute Gasteiger partial charge is 0.238 e. The van der Waals surface area contributed by atoms with Crippen LogP contribution in [-0.2, 0) is 16.1 Å². The third kappa shape index (κ3) is 5.37. The van der Waals surface area contributed by atoms with E-state index >= 15 is 0 Å². The van der Waals surface area contributed by atoms with E-state index < -0.39 is 0 Å². The van der Waals surface area contributed by atoms with Crippen molar-refractivity contribution in [3.8, 4) is 5.75 Å². The van der Waals surface area contributed by atoms with Crippen molar-refractivity contribution in [2.45, 2.75) is 12.6 Å². The number of rotatable bonds is 7. The van der Waals surface area contributed by atoms with Crippen LogP contribution >= 0.6 is 11.8 Å². The highest BCUT2D eigenvalue weighted by Crippen LogP contribution is 2.14. The van der Waals surface area contributed by atoms with Gasteiger partial charge in [0.1, 0.15) is 12.4 Å². The number of hydrogen-bond acceptors (Lipinski definition) is 6. The molecule has 1 amide bonds. The maximum atomic E-state index is 12.0. The van der Waals surface area contributed by atoms with Crippen molar-refractivity contribution in [3.63, 3.8) is 0 Å². The van der Waals surface area contributed by atoms with Crippen molar-refractivity contribution in [1.82, 2.24) is 15.5 Å². The van der Waals surface area contributed by atoms with Gasteiger partial charge in [0.05, 0.1) is 19.3 Å². The Labute approximate surface area is 147 Å². The van der Waals surface area contributed by atoms with Crippen molar-refractivity contribution in [1.29, 1.82) is 0 Å². The zero-order valence-electron chi connectivity index (χ0n) is 13.8. The number of ether oxygens (including phenoxy) is 2. The molecule has 24 heavy (non-hydrogen) atoms. The number of carbonyl (C=O) groups is 1. The zero-order valence-corrected chi connectivity index (χ0v) is 14.6. The minimum absolute atomic E-state index is 0.0667. The fourth-order valence-corrected chi connectivity index (χ4v) is 3.68. The molecule has 0 spiro atoms. The number of nitrogens with zero attached hydrogens (tertiary/aromatic N) is 1. The van der Waals surface area contributed by atoms with Gasteiger partial charge >= 0.3 is 0 Å². The van der Waals surface area contributed by atoms with E-state index in [0.717, 1.165) is 55.8 Å². The van der Waals surface area contributed by atoms with Crippen LogP contribution in [0, 0.1) is 0 Å². The molecule has 1 aromatic rings. The molecule has 132 valence electrons. The van der Waals surface area contributed by atoms with Crippen LogP contribution in [0.4, 0.5) is 0 Å². The second-order valence-corrected chi connectivity index (χ2v) is 6.97. The predicted molar refractivity (Wildman–Crippen MR) is 95.3 cm³/mol. The summed E-state index contributed by atoms with van der Waals surface area (Å²) in [4.78, 5) is 14.4. The molecule has 1 unspecified atom stereocenters. The highest BCUT2D eigenvalue weighted by Gasteiger charge is 2.21. The molecule has 3 rings (SSSR count). The molecule has 1 aromatic carbocycles. The van der Waals surface area contributed by atoms with Gasteiger partial charge in [0.2, 0.25) is 5.91 Å². The molecule has 2 saturated heterocycles. The Kier molecular flexibility index (Phi) is 6.77. The van der Waals surface area contributed by atoms with Crippen molar-refractivity contribution in [3.05, 3.63) is 29.8 Å². The molecule has 0 aliphatic carbocycles. The molecule has 6 nitrogen and oxygen atoms in total. The summed E-state index contributed by atoms with van der Waals surface area (Å²) in [6, 6.07) is 7.86. The first kappa shape index (κ1) is 17.5. The first-order valence-electron chi connectivity index (χ1n) is 8.42. The SMILES string of the molecule is O=C(NCc1cccc(OCCN2CCOCC2)c1)C1CSCN1. The molecular weight excluding hydrogens is 326 g/mol. The Morgan fingerprint density at radius 2 is 2.29 bits per heavy atom. The molecule has 0 radical (unpaired) electrons. The van der Waals surface area contributed by atoms with Crippen LogP contribution in [0.3, 0.4) is 0 Å². The van der Waals surface area contributed by atoms with Crippen LogP contribution in [0.5, 0.6) is 5.75 Å². The number of hydrogen-bond donors (Lipinski definition) is 2. The van der Waals surface area contributed by atoms with Gasteiger partial charge in [0.15, 0.2) is 0 Å². The maximum Gasteiger partial charge on any atom is 0.238 e. The number of carbonyl (C=O) groups excluding carboxylic acids is 1. The number of morpholine rings is 1. The number of thioether (sulfide) groups is 1. The van der Waals surface area contributed by atoms with E-state index in [4.69, 9.17) is 9.47 Å². The third-order valence-corrected chi connectivity index (χ3v) is 5.12. The Morgan fingerprint density at radius 3 is 3.08 bits per heavy atom. The zero-order chi connectivity index (χ0) is 16.6. The Hall–Kier alpha value is -1.28. The fourth-order valence-electron chi connectivity index (χ4n) is 2.74. The van der Waals surface area contributed by atoms with Gasteiger partial charge in [0, 0.05) is 37.8 Å². The molecule has 2 heterocycles. The van der Waals surface area contributed by atoms with E-state index in [1.165, 1.54) is 0 Å². The summed E-state index contributed by atoms with van der Waals surface area (Å²) < 4.78 is 11.2. The van der Waals surface area contributed by atoms with Gasteiger partial charge in [-0.25, -0.2) is 0 Å². The highest BCUT2D eigenvalue weighted by molar-refractivity contribution is 7.99. The lowest BCUT2D eigenvalue weighted by atomic mass is 10.2. The summed E-state index contributed by atoms with van der Waals surface area (Å²) in [5, 5.41) is 6.16. The van der Waals surface area contributed by atoms with Gasteiger partial charge in [-0.3, -0.25) is 15.0 Å².